The van der Waals surface area contributed by atoms with Gasteiger partial charge in [0.15, 0.2) is 0 Å². The second-order valence-corrected chi connectivity index (χ2v) is 5.19. The first-order valence-electron chi connectivity index (χ1n) is 6.78. The molecule has 0 saturated carbocycles. The highest BCUT2D eigenvalue weighted by molar-refractivity contribution is 5.86. The number of likely N-dealkylation sites (tertiary alicyclic amines) is 1. The summed E-state index contributed by atoms with van der Waals surface area (Å²) in [6.07, 6.45) is 3.65. The molecule has 2 fully saturated rings. The number of carboxylic acid groups (broad SMARTS) is 1. The SMILES string of the molecule is CCC1CCN(C(=O)[C@@H]2CCCO2)C(C(=O)O)C1. The lowest BCUT2D eigenvalue weighted by atomic mass is 9.88. The van der Waals surface area contributed by atoms with Gasteiger partial charge in [0.2, 0.25) is 0 Å². The summed E-state index contributed by atoms with van der Waals surface area (Å²) in [7, 11) is 0. The van der Waals surface area contributed by atoms with Crippen molar-refractivity contribution < 1.29 is 19.4 Å². The third-order valence-electron chi connectivity index (χ3n) is 4.06. The third-order valence-corrected chi connectivity index (χ3v) is 4.06. The number of carboxylic acids is 1. The van der Waals surface area contributed by atoms with E-state index in [1.54, 1.807) is 0 Å². The van der Waals surface area contributed by atoms with Gasteiger partial charge in [0, 0.05) is 13.2 Å². The summed E-state index contributed by atoms with van der Waals surface area (Å²) in [4.78, 5) is 25.1. The van der Waals surface area contributed by atoms with E-state index in [-0.39, 0.29) is 5.91 Å². The number of carbonyl (C=O) groups excluding carboxylic acids is 1. The van der Waals surface area contributed by atoms with Gasteiger partial charge in [-0.3, -0.25) is 4.79 Å². The van der Waals surface area contributed by atoms with Crippen molar-refractivity contribution >= 4 is 11.9 Å². The molecule has 0 spiro atoms. The number of aliphatic carboxylic acids is 1. The Balaban J connectivity index is 2.05. The molecular formula is C13H21NO4. The molecule has 0 bridgehead atoms. The normalized spacial score (nSPS) is 32.5. The highest BCUT2D eigenvalue weighted by Crippen LogP contribution is 2.27. The lowest BCUT2D eigenvalue weighted by Crippen LogP contribution is -2.53. The summed E-state index contributed by atoms with van der Waals surface area (Å²) in [6, 6.07) is -0.666. The Hall–Kier alpha value is -1.10. The standard InChI is InChI=1S/C13H21NO4/c1-2-9-5-6-14(10(8-9)13(16)17)12(15)11-4-3-7-18-11/h9-11H,2-8H2,1H3,(H,16,17)/t9?,10?,11-/m0/s1. The monoisotopic (exact) mass is 255 g/mol. The summed E-state index contributed by atoms with van der Waals surface area (Å²) >= 11 is 0. The average molecular weight is 255 g/mol. The molecule has 18 heavy (non-hydrogen) atoms. The molecule has 1 N–H and O–H groups in total. The summed E-state index contributed by atoms with van der Waals surface area (Å²) in [5, 5.41) is 9.28. The molecule has 0 radical (unpaired) electrons. The van der Waals surface area contributed by atoms with Gasteiger partial charge >= 0.3 is 5.97 Å². The minimum absolute atomic E-state index is 0.130. The number of piperidine rings is 1. The lowest BCUT2D eigenvalue weighted by molar-refractivity contribution is -0.157. The van der Waals surface area contributed by atoms with Crippen LogP contribution in [0.15, 0.2) is 0 Å². The fraction of sp³-hybridized carbons (Fsp3) is 0.846. The average Bonchev–Trinajstić information content (AvgIpc) is 2.91. The zero-order valence-electron chi connectivity index (χ0n) is 10.8. The zero-order valence-corrected chi connectivity index (χ0v) is 10.8. The maximum absolute atomic E-state index is 12.2. The number of amides is 1. The van der Waals surface area contributed by atoms with E-state index in [1.807, 2.05) is 0 Å². The molecular weight excluding hydrogens is 234 g/mol. The Bertz CT molecular complexity index is 325. The van der Waals surface area contributed by atoms with Crippen LogP contribution < -0.4 is 0 Å². The molecule has 5 heteroatoms. The Morgan fingerprint density at radius 1 is 1.39 bits per heavy atom. The van der Waals surface area contributed by atoms with Crippen molar-refractivity contribution in [3.05, 3.63) is 0 Å². The van der Waals surface area contributed by atoms with E-state index in [4.69, 9.17) is 4.74 Å². The van der Waals surface area contributed by atoms with Gasteiger partial charge < -0.3 is 14.7 Å². The van der Waals surface area contributed by atoms with Crippen LogP contribution in [0.25, 0.3) is 0 Å². The van der Waals surface area contributed by atoms with Crippen molar-refractivity contribution in [2.75, 3.05) is 13.2 Å². The van der Waals surface area contributed by atoms with Gasteiger partial charge in [-0.05, 0) is 31.6 Å². The van der Waals surface area contributed by atoms with Crippen LogP contribution in [0.1, 0.15) is 39.0 Å². The predicted molar refractivity (Wildman–Crippen MR) is 65.1 cm³/mol. The molecule has 2 heterocycles. The van der Waals surface area contributed by atoms with Gasteiger partial charge in [0.25, 0.3) is 5.91 Å². The Morgan fingerprint density at radius 3 is 2.72 bits per heavy atom. The summed E-state index contributed by atoms with van der Waals surface area (Å²) in [5.41, 5.74) is 0. The maximum atomic E-state index is 12.2. The maximum Gasteiger partial charge on any atom is 0.326 e. The minimum Gasteiger partial charge on any atom is -0.480 e. The molecule has 2 aliphatic heterocycles. The number of ether oxygens (including phenoxy) is 1. The summed E-state index contributed by atoms with van der Waals surface area (Å²) in [6.45, 7) is 3.23. The van der Waals surface area contributed by atoms with Crippen molar-refractivity contribution in [3.8, 4) is 0 Å². The lowest BCUT2D eigenvalue weighted by Gasteiger charge is -2.38. The molecule has 2 saturated heterocycles. The molecule has 5 nitrogen and oxygen atoms in total. The van der Waals surface area contributed by atoms with Crippen LogP contribution in [-0.2, 0) is 14.3 Å². The van der Waals surface area contributed by atoms with E-state index in [0.717, 1.165) is 25.7 Å². The summed E-state index contributed by atoms with van der Waals surface area (Å²) < 4.78 is 5.37. The van der Waals surface area contributed by atoms with E-state index < -0.39 is 18.1 Å². The second-order valence-electron chi connectivity index (χ2n) is 5.19. The van der Waals surface area contributed by atoms with Gasteiger partial charge in [0.05, 0.1) is 0 Å². The van der Waals surface area contributed by atoms with Gasteiger partial charge in [0.1, 0.15) is 12.1 Å². The molecule has 0 aromatic heterocycles. The number of hydrogen-bond acceptors (Lipinski definition) is 3. The number of rotatable bonds is 3. The minimum atomic E-state index is -0.889. The fourth-order valence-electron chi connectivity index (χ4n) is 2.86. The molecule has 1 amide bonds. The van der Waals surface area contributed by atoms with Crippen LogP contribution in [0.2, 0.25) is 0 Å². The smallest absolute Gasteiger partial charge is 0.326 e. The van der Waals surface area contributed by atoms with E-state index >= 15 is 0 Å². The molecule has 102 valence electrons. The second kappa shape index (κ2) is 5.69. The molecule has 0 aliphatic carbocycles. The molecule has 0 aromatic rings. The van der Waals surface area contributed by atoms with Crippen LogP contribution in [0.5, 0.6) is 0 Å². The van der Waals surface area contributed by atoms with Crippen molar-refractivity contribution in [3.63, 3.8) is 0 Å². The van der Waals surface area contributed by atoms with Crippen LogP contribution in [0, 0.1) is 5.92 Å². The van der Waals surface area contributed by atoms with Crippen LogP contribution in [0.4, 0.5) is 0 Å². The molecule has 0 aromatic carbocycles. The van der Waals surface area contributed by atoms with Gasteiger partial charge in [-0.1, -0.05) is 13.3 Å². The number of hydrogen-bond donors (Lipinski definition) is 1. The number of nitrogens with zero attached hydrogens (tertiary/aromatic N) is 1. The largest absolute Gasteiger partial charge is 0.480 e. The van der Waals surface area contributed by atoms with E-state index in [0.29, 0.717) is 25.5 Å². The molecule has 2 unspecified atom stereocenters. The first kappa shape index (κ1) is 13.3. The van der Waals surface area contributed by atoms with Crippen molar-refractivity contribution in [1.29, 1.82) is 0 Å². The molecule has 2 aliphatic rings. The quantitative estimate of drug-likeness (QED) is 0.824. The van der Waals surface area contributed by atoms with E-state index in [9.17, 15) is 14.7 Å². The number of carbonyl (C=O) groups is 2. The van der Waals surface area contributed by atoms with Gasteiger partial charge in [-0.2, -0.15) is 0 Å². The Morgan fingerprint density at radius 2 is 2.17 bits per heavy atom. The van der Waals surface area contributed by atoms with Crippen LogP contribution in [0.3, 0.4) is 0 Å². The highest BCUT2D eigenvalue weighted by atomic mass is 16.5. The van der Waals surface area contributed by atoms with Crippen LogP contribution in [-0.4, -0.2) is 47.2 Å². The van der Waals surface area contributed by atoms with E-state index in [2.05, 4.69) is 6.92 Å². The highest BCUT2D eigenvalue weighted by Gasteiger charge is 2.39. The van der Waals surface area contributed by atoms with E-state index in [1.165, 1.54) is 4.90 Å². The Kier molecular flexibility index (Phi) is 4.22. The van der Waals surface area contributed by atoms with Crippen molar-refractivity contribution in [2.24, 2.45) is 5.92 Å². The molecule has 3 atom stereocenters. The van der Waals surface area contributed by atoms with Crippen molar-refractivity contribution in [1.82, 2.24) is 4.90 Å². The van der Waals surface area contributed by atoms with Gasteiger partial charge in [-0.25, -0.2) is 4.79 Å². The zero-order chi connectivity index (χ0) is 13.1. The molecule has 2 rings (SSSR count). The topological polar surface area (TPSA) is 66.8 Å². The first-order valence-corrected chi connectivity index (χ1v) is 6.78. The van der Waals surface area contributed by atoms with Crippen molar-refractivity contribution in [2.45, 2.75) is 51.2 Å². The predicted octanol–water partition coefficient (Wildman–Crippen LogP) is 1.27. The van der Waals surface area contributed by atoms with Crippen LogP contribution >= 0.6 is 0 Å². The fourth-order valence-corrected chi connectivity index (χ4v) is 2.86. The summed E-state index contributed by atoms with van der Waals surface area (Å²) in [5.74, 6) is -0.603. The Labute approximate surface area is 107 Å². The first-order chi connectivity index (χ1) is 8.63. The third kappa shape index (κ3) is 2.66. The van der Waals surface area contributed by atoms with Gasteiger partial charge in [-0.15, -0.1) is 0 Å².